The van der Waals surface area contributed by atoms with E-state index in [9.17, 15) is 4.79 Å². The number of hydrogen-bond donors (Lipinski definition) is 2. The molecule has 0 unspecified atom stereocenters. The smallest absolute Gasteiger partial charge is 0.256 e. The molecule has 3 rings (SSSR count). The maximum Gasteiger partial charge on any atom is 0.256 e. The topological polar surface area (TPSA) is 57.8 Å². The van der Waals surface area contributed by atoms with Crippen LogP contribution in [0, 0.1) is 0 Å². The third-order valence-corrected chi connectivity index (χ3v) is 2.72. The molecule has 0 bridgehead atoms. The van der Waals surface area contributed by atoms with Crippen LogP contribution in [0.1, 0.15) is 10.4 Å². The first-order chi connectivity index (χ1) is 8.83. The Hall–Kier alpha value is -2.62. The van der Waals surface area contributed by atoms with Gasteiger partial charge in [0.25, 0.3) is 5.91 Å². The maximum atomic E-state index is 12.0. The highest BCUT2D eigenvalue weighted by Crippen LogP contribution is 2.15. The van der Waals surface area contributed by atoms with E-state index < -0.39 is 0 Å². The highest BCUT2D eigenvalue weighted by molar-refractivity contribution is 6.05. The van der Waals surface area contributed by atoms with Crippen LogP contribution in [-0.2, 0) is 0 Å². The number of nitrogens with one attached hydrogen (secondary N) is 2. The van der Waals surface area contributed by atoms with Gasteiger partial charge in [0.2, 0.25) is 0 Å². The van der Waals surface area contributed by atoms with Gasteiger partial charge in [0, 0.05) is 28.9 Å². The number of nitrogens with zero attached hydrogens (tertiary/aromatic N) is 1. The molecule has 2 heterocycles. The van der Waals surface area contributed by atoms with Gasteiger partial charge in [-0.2, -0.15) is 0 Å². The first-order valence-electron chi connectivity index (χ1n) is 5.62. The minimum atomic E-state index is -0.156. The van der Waals surface area contributed by atoms with Gasteiger partial charge in [-0.1, -0.05) is 6.07 Å². The number of pyridine rings is 1. The SMILES string of the molecule is O=C(Nc1ccccn1)c1ccc2[nH]ccc2c1. The molecule has 1 aromatic carbocycles. The number of H-pyrrole nitrogens is 1. The third kappa shape index (κ3) is 1.96. The van der Waals surface area contributed by atoms with E-state index >= 15 is 0 Å². The summed E-state index contributed by atoms with van der Waals surface area (Å²) in [5.74, 6) is 0.397. The molecule has 1 amide bonds. The predicted molar refractivity (Wildman–Crippen MR) is 70.5 cm³/mol. The van der Waals surface area contributed by atoms with Crippen molar-refractivity contribution >= 4 is 22.6 Å². The van der Waals surface area contributed by atoms with E-state index in [1.807, 2.05) is 36.5 Å². The van der Waals surface area contributed by atoms with E-state index in [1.54, 1.807) is 18.3 Å². The van der Waals surface area contributed by atoms with Crippen LogP contribution in [0.25, 0.3) is 10.9 Å². The van der Waals surface area contributed by atoms with Crippen molar-refractivity contribution in [1.29, 1.82) is 0 Å². The minimum absolute atomic E-state index is 0.156. The summed E-state index contributed by atoms with van der Waals surface area (Å²) in [5, 5.41) is 3.77. The Morgan fingerprint density at radius 2 is 2.11 bits per heavy atom. The Kier molecular flexibility index (Phi) is 2.53. The van der Waals surface area contributed by atoms with Crippen molar-refractivity contribution in [3.05, 3.63) is 60.4 Å². The van der Waals surface area contributed by atoms with E-state index in [2.05, 4.69) is 15.3 Å². The van der Waals surface area contributed by atoms with Gasteiger partial charge in [-0.3, -0.25) is 4.79 Å². The number of carbonyl (C=O) groups is 1. The predicted octanol–water partition coefficient (Wildman–Crippen LogP) is 2.82. The summed E-state index contributed by atoms with van der Waals surface area (Å²) in [6.07, 6.45) is 3.50. The Morgan fingerprint density at radius 3 is 2.94 bits per heavy atom. The fourth-order valence-corrected chi connectivity index (χ4v) is 1.82. The molecule has 4 heteroatoms. The number of fused-ring (bicyclic) bond motifs is 1. The fraction of sp³-hybridized carbons (Fsp3) is 0. The van der Waals surface area contributed by atoms with Crippen molar-refractivity contribution < 1.29 is 4.79 Å². The molecule has 4 nitrogen and oxygen atoms in total. The molecule has 2 aromatic heterocycles. The number of carbonyl (C=O) groups excluding carboxylic acids is 1. The van der Waals surface area contributed by atoms with E-state index in [4.69, 9.17) is 0 Å². The van der Waals surface area contributed by atoms with E-state index in [0.29, 0.717) is 11.4 Å². The normalized spacial score (nSPS) is 10.4. The van der Waals surface area contributed by atoms with Crippen LogP contribution < -0.4 is 5.32 Å². The summed E-state index contributed by atoms with van der Waals surface area (Å²) in [4.78, 5) is 19.2. The lowest BCUT2D eigenvalue weighted by Gasteiger charge is -2.04. The lowest BCUT2D eigenvalue weighted by molar-refractivity contribution is 0.102. The minimum Gasteiger partial charge on any atom is -0.361 e. The standard InChI is InChI=1S/C14H11N3O/c18-14(17-13-3-1-2-7-16-13)11-4-5-12-10(9-11)6-8-15-12/h1-9,15H,(H,16,17,18). The van der Waals surface area contributed by atoms with Gasteiger partial charge in [-0.05, 0) is 36.4 Å². The van der Waals surface area contributed by atoms with Crippen molar-refractivity contribution in [2.45, 2.75) is 0 Å². The third-order valence-electron chi connectivity index (χ3n) is 2.72. The van der Waals surface area contributed by atoms with Gasteiger partial charge in [0.1, 0.15) is 5.82 Å². The number of aromatic amines is 1. The second-order valence-corrected chi connectivity index (χ2v) is 3.95. The highest BCUT2D eigenvalue weighted by Gasteiger charge is 2.07. The summed E-state index contributed by atoms with van der Waals surface area (Å²) in [7, 11) is 0. The van der Waals surface area contributed by atoms with Crippen molar-refractivity contribution in [1.82, 2.24) is 9.97 Å². The van der Waals surface area contributed by atoms with Crippen LogP contribution >= 0.6 is 0 Å². The molecule has 88 valence electrons. The van der Waals surface area contributed by atoms with E-state index in [-0.39, 0.29) is 5.91 Å². The number of aromatic nitrogens is 2. The molecule has 18 heavy (non-hydrogen) atoms. The summed E-state index contributed by atoms with van der Waals surface area (Å²) < 4.78 is 0. The molecule has 3 aromatic rings. The monoisotopic (exact) mass is 237 g/mol. The molecule has 2 N–H and O–H groups in total. The molecular formula is C14H11N3O. The number of amides is 1. The van der Waals surface area contributed by atoms with Gasteiger partial charge in [-0.15, -0.1) is 0 Å². The Morgan fingerprint density at radius 1 is 1.17 bits per heavy atom. The van der Waals surface area contributed by atoms with Crippen LogP contribution in [0.4, 0.5) is 5.82 Å². The van der Waals surface area contributed by atoms with E-state index in [1.165, 1.54) is 0 Å². The van der Waals surface area contributed by atoms with E-state index in [0.717, 1.165) is 10.9 Å². The molecule has 0 saturated heterocycles. The fourth-order valence-electron chi connectivity index (χ4n) is 1.82. The summed E-state index contributed by atoms with van der Waals surface area (Å²) in [6.45, 7) is 0. The summed E-state index contributed by atoms with van der Waals surface area (Å²) in [6, 6.07) is 12.9. The quantitative estimate of drug-likeness (QED) is 0.720. The number of hydrogen-bond acceptors (Lipinski definition) is 2. The molecule has 0 radical (unpaired) electrons. The van der Waals surface area contributed by atoms with Gasteiger partial charge in [-0.25, -0.2) is 4.98 Å². The number of benzene rings is 1. The zero-order chi connectivity index (χ0) is 12.4. The van der Waals surface area contributed by atoms with Gasteiger partial charge in [0.05, 0.1) is 0 Å². The summed E-state index contributed by atoms with van der Waals surface area (Å²) in [5.41, 5.74) is 1.64. The van der Waals surface area contributed by atoms with Crippen molar-refractivity contribution in [3.8, 4) is 0 Å². The molecule has 0 aliphatic heterocycles. The number of rotatable bonds is 2. The highest BCUT2D eigenvalue weighted by atomic mass is 16.1. The molecule has 0 aliphatic rings. The summed E-state index contributed by atoms with van der Waals surface area (Å²) >= 11 is 0. The molecule has 0 fully saturated rings. The Labute approximate surface area is 104 Å². The molecule has 0 atom stereocenters. The Bertz CT molecular complexity index is 688. The average Bonchev–Trinajstić information content (AvgIpc) is 2.87. The lowest BCUT2D eigenvalue weighted by atomic mass is 10.1. The van der Waals surface area contributed by atoms with Crippen LogP contribution in [0.5, 0.6) is 0 Å². The van der Waals surface area contributed by atoms with Crippen LogP contribution in [0.3, 0.4) is 0 Å². The first kappa shape index (κ1) is 10.5. The molecule has 0 spiro atoms. The van der Waals surface area contributed by atoms with Crippen molar-refractivity contribution in [3.63, 3.8) is 0 Å². The van der Waals surface area contributed by atoms with Gasteiger partial charge >= 0.3 is 0 Å². The first-order valence-corrected chi connectivity index (χ1v) is 5.62. The zero-order valence-electron chi connectivity index (χ0n) is 9.55. The van der Waals surface area contributed by atoms with Crippen LogP contribution in [-0.4, -0.2) is 15.9 Å². The van der Waals surface area contributed by atoms with Gasteiger partial charge in [0.15, 0.2) is 0 Å². The second-order valence-electron chi connectivity index (χ2n) is 3.95. The molecule has 0 saturated carbocycles. The van der Waals surface area contributed by atoms with Crippen molar-refractivity contribution in [2.75, 3.05) is 5.32 Å². The Balaban J connectivity index is 1.87. The second kappa shape index (κ2) is 4.33. The average molecular weight is 237 g/mol. The maximum absolute atomic E-state index is 12.0. The van der Waals surface area contributed by atoms with Gasteiger partial charge < -0.3 is 10.3 Å². The number of anilines is 1. The zero-order valence-corrected chi connectivity index (χ0v) is 9.55. The van der Waals surface area contributed by atoms with Crippen LogP contribution in [0.15, 0.2) is 54.9 Å². The van der Waals surface area contributed by atoms with Crippen LogP contribution in [0.2, 0.25) is 0 Å². The van der Waals surface area contributed by atoms with Crippen molar-refractivity contribution in [2.24, 2.45) is 0 Å². The largest absolute Gasteiger partial charge is 0.361 e. The molecule has 0 aliphatic carbocycles. The molecular weight excluding hydrogens is 226 g/mol. The lowest BCUT2D eigenvalue weighted by Crippen LogP contribution is -2.12.